The molecule has 0 aliphatic heterocycles. The molecule has 5 nitrogen and oxygen atoms in total. The molecule has 1 aromatic carbocycles. The monoisotopic (exact) mass is 283 g/mol. The van der Waals surface area contributed by atoms with Crippen molar-refractivity contribution in [2.24, 2.45) is 7.05 Å². The van der Waals surface area contributed by atoms with Crippen molar-refractivity contribution < 1.29 is 12.8 Å². The van der Waals surface area contributed by atoms with E-state index in [1.807, 2.05) is 0 Å². The maximum atomic E-state index is 13.6. The Bertz CT molecular complexity index is 682. The molecule has 0 unspecified atom stereocenters. The van der Waals surface area contributed by atoms with Crippen LogP contribution in [-0.2, 0) is 23.6 Å². The predicted octanol–water partition coefficient (Wildman–Crippen LogP) is 1.38. The molecule has 1 aromatic heterocycles. The van der Waals surface area contributed by atoms with E-state index in [4.69, 9.17) is 0 Å². The summed E-state index contributed by atoms with van der Waals surface area (Å²) in [6, 6.07) is 5.32. The van der Waals surface area contributed by atoms with Crippen molar-refractivity contribution in [3.63, 3.8) is 0 Å². The number of sulfonamides is 1. The summed E-state index contributed by atoms with van der Waals surface area (Å²) in [7, 11) is -0.689. The van der Waals surface area contributed by atoms with Crippen LogP contribution < -0.4 is 0 Å². The van der Waals surface area contributed by atoms with Gasteiger partial charge in [-0.1, -0.05) is 12.1 Å². The summed E-state index contributed by atoms with van der Waals surface area (Å²) in [4.78, 5) is 3.72. The fourth-order valence-corrected chi connectivity index (χ4v) is 2.84. The summed E-state index contributed by atoms with van der Waals surface area (Å²) >= 11 is 0. The van der Waals surface area contributed by atoms with Crippen LogP contribution in [0.5, 0.6) is 0 Å². The fourth-order valence-electron chi connectivity index (χ4n) is 1.65. The van der Waals surface area contributed by atoms with Crippen molar-refractivity contribution in [3.8, 4) is 0 Å². The van der Waals surface area contributed by atoms with Gasteiger partial charge in [-0.3, -0.25) is 0 Å². The Morgan fingerprint density at radius 1 is 1.37 bits per heavy atom. The van der Waals surface area contributed by atoms with Crippen LogP contribution >= 0.6 is 0 Å². The summed E-state index contributed by atoms with van der Waals surface area (Å²) in [6.07, 6.45) is 3.30. The first-order chi connectivity index (χ1) is 8.93. The minimum atomic E-state index is -3.86. The Kier molecular flexibility index (Phi) is 3.68. The molecule has 0 amide bonds. The van der Waals surface area contributed by atoms with E-state index in [9.17, 15) is 12.8 Å². The van der Waals surface area contributed by atoms with Crippen LogP contribution in [0.15, 0.2) is 41.6 Å². The quantitative estimate of drug-likeness (QED) is 0.852. The van der Waals surface area contributed by atoms with Gasteiger partial charge in [-0.05, 0) is 12.1 Å². The zero-order chi connectivity index (χ0) is 14.0. The third-order valence-electron chi connectivity index (χ3n) is 2.81. The number of halogens is 1. The molecule has 0 atom stereocenters. The highest BCUT2D eigenvalue weighted by Crippen LogP contribution is 2.18. The van der Waals surface area contributed by atoms with Gasteiger partial charge in [0.15, 0.2) is 0 Å². The number of rotatable bonds is 4. The van der Waals surface area contributed by atoms with E-state index in [-0.39, 0.29) is 11.4 Å². The number of aromatic nitrogens is 2. The van der Waals surface area contributed by atoms with Gasteiger partial charge in [-0.25, -0.2) is 17.8 Å². The lowest BCUT2D eigenvalue weighted by atomic mass is 10.4. The summed E-state index contributed by atoms with van der Waals surface area (Å²) in [5.41, 5.74) is 0. The van der Waals surface area contributed by atoms with Crippen molar-refractivity contribution in [1.29, 1.82) is 0 Å². The highest BCUT2D eigenvalue weighted by Gasteiger charge is 2.24. The largest absolute Gasteiger partial charge is 0.337 e. The maximum absolute atomic E-state index is 13.6. The number of nitrogens with zero attached hydrogens (tertiary/aromatic N) is 3. The molecular formula is C12H14FN3O2S. The Morgan fingerprint density at radius 3 is 2.63 bits per heavy atom. The van der Waals surface area contributed by atoms with Gasteiger partial charge in [0, 0.05) is 26.5 Å². The van der Waals surface area contributed by atoms with Crippen LogP contribution in [0.3, 0.4) is 0 Å². The average Bonchev–Trinajstić information content (AvgIpc) is 2.75. The number of hydrogen-bond acceptors (Lipinski definition) is 3. The van der Waals surface area contributed by atoms with E-state index in [2.05, 4.69) is 4.98 Å². The molecule has 0 spiro atoms. The molecule has 19 heavy (non-hydrogen) atoms. The normalized spacial score (nSPS) is 12.0. The Hall–Kier alpha value is -1.73. The smallest absolute Gasteiger partial charge is 0.246 e. The summed E-state index contributed by atoms with van der Waals surface area (Å²) in [5.74, 6) is -0.170. The van der Waals surface area contributed by atoms with Gasteiger partial charge in [-0.15, -0.1) is 0 Å². The second-order valence-corrected chi connectivity index (χ2v) is 6.16. The number of imidazole rings is 1. The molecule has 102 valence electrons. The molecule has 0 bridgehead atoms. The standard InChI is InChI=1S/C12H14FN3O2S/c1-15-8-7-14-12(15)9-16(2)19(17,18)11-6-4-3-5-10(11)13/h3-8H,9H2,1-2H3. The molecular weight excluding hydrogens is 269 g/mol. The van der Waals surface area contributed by atoms with E-state index in [1.165, 1.54) is 25.2 Å². The predicted molar refractivity (Wildman–Crippen MR) is 68.3 cm³/mol. The lowest BCUT2D eigenvalue weighted by Crippen LogP contribution is -2.28. The Morgan fingerprint density at radius 2 is 2.05 bits per heavy atom. The second kappa shape index (κ2) is 5.10. The number of aryl methyl sites for hydroxylation is 1. The minimum absolute atomic E-state index is 0.0835. The summed E-state index contributed by atoms with van der Waals surface area (Å²) < 4.78 is 40.8. The van der Waals surface area contributed by atoms with Gasteiger partial charge < -0.3 is 4.57 Å². The van der Waals surface area contributed by atoms with Crippen molar-refractivity contribution in [3.05, 3.63) is 48.3 Å². The Balaban J connectivity index is 2.30. The van der Waals surface area contributed by atoms with Crippen LogP contribution in [0.4, 0.5) is 4.39 Å². The van der Waals surface area contributed by atoms with Gasteiger partial charge in [0.2, 0.25) is 10.0 Å². The molecule has 0 N–H and O–H groups in total. The highest BCUT2D eigenvalue weighted by atomic mass is 32.2. The van der Waals surface area contributed by atoms with Crippen LogP contribution in [-0.4, -0.2) is 29.3 Å². The molecule has 0 radical (unpaired) electrons. The molecule has 0 fully saturated rings. The molecule has 2 aromatic rings. The van der Waals surface area contributed by atoms with Gasteiger partial charge in [-0.2, -0.15) is 4.31 Å². The van der Waals surface area contributed by atoms with Crippen LogP contribution in [0.2, 0.25) is 0 Å². The van der Waals surface area contributed by atoms with E-state index in [0.29, 0.717) is 5.82 Å². The van der Waals surface area contributed by atoms with Crippen molar-refractivity contribution in [2.45, 2.75) is 11.4 Å². The van der Waals surface area contributed by atoms with E-state index in [1.54, 1.807) is 24.0 Å². The lowest BCUT2D eigenvalue weighted by molar-refractivity contribution is 0.445. The van der Waals surface area contributed by atoms with E-state index >= 15 is 0 Å². The second-order valence-electron chi connectivity index (χ2n) is 4.15. The van der Waals surface area contributed by atoms with Crippen molar-refractivity contribution in [2.75, 3.05) is 7.05 Å². The van der Waals surface area contributed by atoms with Crippen LogP contribution in [0.25, 0.3) is 0 Å². The van der Waals surface area contributed by atoms with Crippen molar-refractivity contribution >= 4 is 10.0 Å². The zero-order valence-electron chi connectivity index (χ0n) is 10.6. The third-order valence-corrected chi connectivity index (χ3v) is 4.65. The molecule has 0 aliphatic carbocycles. The van der Waals surface area contributed by atoms with Crippen LogP contribution in [0, 0.1) is 5.82 Å². The fraction of sp³-hybridized carbons (Fsp3) is 0.250. The third kappa shape index (κ3) is 2.66. The first-order valence-electron chi connectivity index (χ1n) is 5.60. The SMILES string of the molecule is CN(Cc1nccn1C)S(=O)(=O)c1ccccc1F. The minimum Gasteiger partial charge on any atom is -0.337 e. The molecule has 0 saturated heterocycles. The molecule has 1 heterocycles. The van der Waals surface area contributed by atoms with Gasteiger partial charge in [0.1, 0.15) is 16.5 Å². The summed E-state index contributed by atoms with van der Waals surface area (Å²) in [6.45, 7) is 0.0835. The Labute approximate surface area is 111 Å². The lowest BCUT2D eigenvalue weighted by Gasteiger charge is -2.17. The first-order valence-corrected chi connectivity index (χ1v) is 7.04. The maximum Gasteiger partial charge on any atom is 0.246 e. The van der Waals surface area contributed by atoms with Gasteiger partial charge in [0.05, 0.1) is 6.54 Å². The number of hydrogen-bond donors (Lipinski definition) is 0. The molecule has 2 rings (SSSR count). The van der Waals surface area contributed by atoms with Gasteiger partial charge in [0.25, 0.3) is 0 Å². The molecule has 7 heteroatoms. The van der Waals surface area contributed by atoms with Crippen molar-refractivity contribution in [1.82, 2.24) is 13.9 Å². The van der Waals surface area contributed by atoms with E-state index < -0.39 is 15.8 Å². The highest BCUT2D eigenvalue weighted by molar-refractivity contribution is 7.89. The van der Waals surface area contributed by atoms with E-state index in [0.717, 1.165) is 10.4 Å². The zero-order valence-corrected chi connectivity index (χ0v) is 11.4. The van der Waals surface area contributed by atoms with Gasteiger partial charge >= 0.3 is 0 Å². The topological polar surface area (TPSA) is 55.2 Å². The summed E-state index contributed by atoms with van der Waals surface area (Å²) in [5, 5.41) is 0. The first kappa shape index (κ1) is 13.7. The molecule has 0 aliphatic rings. The molecule has 0 saturated carbocycles. The average molecular weight is 283 g/mol. The van der Waals surface area contributed by atoms with Crippen LogP contribution in [0.1, 0.15) is 5.82 Å². The number of benzene rings is 1.